The molecule has 1 saturated carbocycles. The molecular weight excluding hydrogens is 212 g/mol. The fraction of sp³-hybridized carbons (Fsp3) is 0.714. The van der Waals surface area contributed by atoms with Gasteiger partial charge in [-0.1, -0.05) is 31.8 Å². The summed E-state index contributed by atoms with van der Waals surface area (Å²) in [6.07, 6.45) is 7.43. The number of rotatable bonds is 4. The van der Waals surface area contributed by atoms with Crippen LogP contribution in [0.25, 0.3) is 0 Å². The van der Waals surface area contributed by atoms with Crippen LogP contribution in [0.2, 0.25) is 0 Å². The van der Waals surface area contributed by atoms with Crippen LogP contribution < -0.4 is 0 Å². The molecule has 0 atom stereocenters. The number of nitriles is 1. The molecule has 0 bridgehead atoms. The van der Waals surface area contributed by atoms with E-state index in [1.165, 1.54) is 0 Å². The van der Waals surface area contributed by atoms with Gasteiger partial charge in [-0.15, -0.1) is 6.58 Å². The highest BCUT2D eigenvalue weighted by Crippen LogP contribution is 2.36. The highest BCUT2D eigenvalue weighted by Gasteiger charge is 2.40. The first-order valence-corrected chi connectivity index (χ1v) is 6.51. The average molecular weight is 234 g/mol. The van der Waals surface area contributed by atoms with Crippen LogP contribution in [0.1, 0.15) is 45.4 Å². The van der Waals surface area contributed by atoms with Crippen LogP contribution in [0.3, 0.4) is 0 Å². The zero-order valence-corrected chi connectivity index (χ0v) is 10.7. The Morgan fingerprint density at radius 2 is 2.00 bits per heavy atom. The van der Waals surface area contributed by atoms with Crippen LogP contribution >= 0.6 is 0 Å². The van der Waals surface area contributed by atoms with E-state index in [4.69, 9.17) is 0 Å². The molecular formula is C14H22N2O. The van der Waals surface area contributed by atoms with E-state index in [0.717, 1.165) is 38.5 Å². The fourth-order valence-corrected chi connectivity index (χ4v) is 2.52. The van der Waals surface area contributed by atoms with Crippen molar-refractivity contribution in [3.63, 3.8) is 0 Å². The first-order valence-electron chi connectivity index (χ1n) is 6.51. The number of carbonyl (C=O) groups is 1. The molecule has 0 unspecified atom stereocenters. The maximum atomic E-state index is 12.5. The van der Waals surface area contributed by atoms with E-state index in [-0.39, 0.29) is 5.91 Å². The second kappa shape index (κ2) is 6.44. The van der Waals surface area contributed by atoms with E-state index < -0.39 is 5.41 Å². The molecule has 3 nitrogen and oxygen atoms in total. The molecule has 0 radical (unpaired) electrons. The molecule has 0 aromatic carbocycles. The molecule has 17 heavy (non-hydrogen) atoms. The number of likely N-dealkylation sites (N-methyl/N-ethyl adjacent to an activating group) is 1. The maximum absolute atomic E-state index is 12.5. The van der Waals surface area contributed by atoms with Gasteiger partial charge in [0.1, 0.15) is 5.41 Å². The van der Waals surface area contributed by atoms with Crippen LogP contribution in [-0.4, -0.2) is 23.9 Å². The predicted octanol–water partition coefficient (Wildman–Crippen LogP) is 2.89. The van der Waals surface area contributed by atoms with Crippen molar-refractivity contribution >= 4 is 5.91 Å². The number of hydrogen-bond acceptors (Lipinski definition) is 2. The summed E-state index contributed by atoms with van der Waals surface area (Å²) in [4.78, 5) is 14.2. The Kier molecular flexibility index (Phi) is 5.21. The SMILES string of the molecule is C=CCN(CC)C(=O)C1(C#N)CCCCCC1. The topological polar surface area (TPSA) is 44.1 Å². The van der Waals surface area contributed by atoms with E-state index in [2.05, 4.69) is 12.6 Å². The number of amides is 1. The highest BCUT2D eigenvalue weighted by atomic mass is 16.2. The standard InChI is InChI=1S/C14H22N2O/c1-3-11-16(4-2)13(17)14(12-15)9-7-5-6-8-10-14/h3H,1,4-11H2,2H3. The van der Waals surface area contributed by atoms with Crippen LogP contribution in [-0.2, 0) is 4.79 Å². The van der Waals surface area contributed by atoms with Gasteiger partial charge in [0.15, 0.2) is 0 Å². The highest BCUT2D eigenvalue weighted by molar-refractivity contribution is 5.85. The van der Waals surface area contributed by atoms with Crippen molar-refractivity contribution in [3.05, 3.63) is 12.7 Å². The number of nitrogens with zero attached hydrogens (tertiary/aromatic N) is 2. The van der Waals surface area contributed by atoms with Crippen molar-refractivity contribution in [2.75, 3.05) is 13.1 Å². The predicted molar refractivity (Wildman–Crippen MR) is 68.2 cm³/mol. The smallest absolute Gasteiger partial charge is 0.243 e. The van der Waals surface area contributed by atoms with Crippen molar-refractivity contribution in [2.45, 2.75) is 45.4 Å². The van der Waals surface area contributed by atoms with Crippen molar-refractivity contribution < 1.29 is 4.79 Å². The van der Waals surface area contributed by atoms with Gasteiger partial charge in [0, 0.05) is 13.1 Å². The quantitative estimate of drug-likeness (QED) is 0.554. The minimum atomic E-state index is -0.768. The minimum Gasteiger partial charge on any atom is -0.338 e. The molecule has 0 heterocycles. The van der Waals surface area contributed by atoms with Crippen LogP contribution in [0.4, 0.5) is 0 Å². The lowest BCUT2D eigenvalue weighted by Crippen LogP contribution is -2.43. The Hall–Kier alpha value is -1.30. The van der Waals surface area contributed by atoms with Gasteiger partial charge in [-0.25, -0.2) is 0 Å². The van der Waals surface area contributed by atoms with E-state index >= 15 is 0 Å². The molecule has 0 spiro atoms. The van der Waals surface area contributed by atoms with E-state index in [0.29, 0.717) is 13.1 Å². The number of hydrogen-bond donors (Lipinski definition) is 0. The second-order valence-electron chi connectivity index (χ2n) is 4.74. The lowest BCUT2D eigenvalue weighted by Gasteiger charge is -2.30. The van der Waals surface area contributed by atoms with Gasteiger partial charge in [0.05, 0.1) is 6.07 Å². The Bertz CT molecular complexity index is 309. The molecule has 1 amide bonds. The molecule has 0 aliphatic heterocycles. The number of carbonyl (C=O) groups excluding carboxylic acids is 1. The third-order valence-corrected chi connectivity index (χ3v) is 3.60. The normalized spacial score (nSPS) is 18.8. The molecule has 1 rings (SSSR count). The van der Waals surface area contributed by atoms with Crippen LogP contribution in [0.15, 0.2) is 12.7 Å². The van der Waals surface area contributed by atoms with E-state index in [1.54, 1.807) is 11.0 Å². The van der Waals surface area contributed by atoms with E-state index in [9.17, 15) is 10.1 Å². The zero-order chi connectivity index (χ0) is 12.7. The Morgan fingerprint density at radius 3 is 2.41 bits per heavy atom. The molecule has 1 fully saturated rings. The van der Waals surface area contributed by atoms with Gasteiger partial charge >= 0.3 is 0 Å². The third kappa shape index (κ3) is 3.09. The molecule has 1 aliphatic rings. The van der Waals surface area contributed by atoms with Gasteiger partial charge in [-0.3, -0.25) is 4.79 Å². The first-order chi connectivity index (χ1) is 8.20. The molecule has 3 heteroatoms. The summed E-state index contributed by atoms with van der Waals surface area (Å²) in [7, 11) is 0. The summed E-state index contributed by atoms with van der Waals surface area (Å²) in [6, 6.07) is 2.30. The summed E-state index contributed by atoms with van der Waals surface area (Å²) in [5, 5.41) is 9.43. The fourth-order valence-electron chi connectivity index (χ4n) is 2.52. The Labute approximate surface area is 104 Å². The van der Waals surface area contributed by atoms with Gasteiger partial charge < -0.3 is 4.90 Å². The molecule has 0 N–H and O–H groups in total. The summed E-state index contributed by atoms with van der Waals surface area (Å²) >= 11 is 0. The lowest BCUT2D eigenvalue weighted by molar-refractivity contribution is -0.139. The lowest BCUT2D eigenvalue weighted by atomic mass is 9.80. The molecule has 94 valence electrons. The maximum Gasteiger partial charge on any atom is 0.243 e. The summed E-state index contributed by atoms with van der Waals surface area (Å²) < 4.78 is 0. The van der Waals surface area contributed by atoms with Gasteiger partial charge in [-0.05, 0) is 19.8 Å². The van der Waals surface area contributed by atoms with E-state index in [1.807, 2.05) is 6.92 Å². The molecule has 0 aromatic heterocycles. The van der Waals surface area contributed by atoms with Gasteiger partial charge in [0.25, 0.3) is 0 Å². The van der Waals surface area contributed by atoms with Gasteiger partial charge in [0.2, 0.25) is 5.91 Å². The summed E-state index contributed by atoms with van der Waals surface area (Å²) in [6.45, 7) is 6.80. The summed E-state index contributed by atoms with van der Waals surface area (Å²) in [5.41, 5.74) is -0.768. The zero-order valence-electron chi connectivity index (χ0n) is 10.7. The third-order valence-electron chi connectivity index (χ3n) is 3.60. The summed E-state index contributed by atoms with van der Waals surface area (Å²) in [5.74, 6) is 0.00398. The van der Waals surface area contributed by atoms with Gasteiger partial charge in [-0.2, -0.15) is 5.26 Å². The first kappa shape index (κ1) is 13.8. The molecule has 0 aromatic rings. The minimum absolute atomic E-state index is 0.00398. The largest absolute Gasteiger partial charge is 0.338 e. The Morgan fingerprint density at radius 1 is 1.41 bits per heavy atom. The van der Waals surface area contributed by atoms with Crippen LogP contribution in [0, 0.1) is 16.7 Å². The van der Waals surface area contributed by atoms with Crippen molar-refractivity contribution in [1.29, 1.82) is 5.26 Å². The average Bonchev–Trinajstić information content (AvgIpc) is 2.61. The monoisotopic (exact) mass is 234 g/mol. The molecule has 1 aliphatic carbocycles. The van der Waals surface area contributed by atoms with Crippen molar-refractivity contribution in [2.24, 2.45) is 5.41 Å². The second-order valence-corrected chi connectivity index (χ2v) is 4.74. The molecule has 0 saturated heterocycles. The van der Waals surface area contributed by atoms with Crippen LogP contribution in [0.5, 0.6) is 0 Å². The van der Waals surface area contributed by atoms with Crippen molar-refractivity contribution in [3.8, 4) is 6.07 Å². The van der Waals surface area contributed by atoms with Crippen molar-refractivity contribution in [1.82, 2.24) is 4.90 Å². The Balaban J connectivity index is 2.87.